The van der Waals surface area contributed by atoms with Gasteiger partial charge >= 0.3 is 5.97 Å². The standard InChI is InChI=1S/C20H23IN2O2/c1-15-13-23(11-10-22(15)14-16-6-4-3-5-7-16)19-9-8-17(12-18(19)21)20(24)25-2/h3-9,12,15H,10-11,13-14H2,1-2H3/t15-/m1/s1. The number of rotatable bonds is 4. The topological polar surface area (TPSA) is 32.8 Å². The molecule has 2 aromatic rings. The monoisotopic (exact) mass is 450 g/mol. The Bertz CT molecular complexity index is 736. The number of benzene rings is 2. The lowest BCUT2D eigenvalue weighted by Gasteiger charge is -2.41. The summed E-state index contributed by atoms with van der Waals surface area (Å²) in [5.41, 5.74) is 3.16. The molecule has 0 radical (unpaired) electrons. The van der Waals surface area contributed by atoms with Crippen molar-refractivity contribution in [1.29, 1.82) is 0 Å². The summed E-state index contributed by atoms with van der Waals surface area (Å²) in [7, 11) is 1.41. The first-order valence-corrected chi connectivity index (χ1v) is 9.57. The largest absolute Gasteiger partial charge is 0.465 e. The predicted octanol–water partition coefficient (Wildman–Crippen LogP) is 3.79. The van der Waals surface area contributed by atoms with Crippen LogP contribution in [0.5, 0.6) is 0 Å². The van der Waals surface area contributed by atoms with Gasteiger partial charge in [0.15, 0.2) is 0 Å². The molecule has 0 spiro atoms. The highest BCUT2D eigenvalue weighted by molar-refractivity contribution is 14.1. The van der Waals surface area contributed by atoms with Crippen LogP contribution >= 0.6 is 22.6 Å². The summed E-state index contributed by atoms with van der Waals surface area (Å²) >= 11 is 2.31. The van der Waals surface area contributed by atoms with Gasteiger partial charge in [0.2, 0.25) is 0 Å². The lowest BCUT2D eigenvalue weighted by atomic mass is 10.1. The number of hydrogen-bond donors (Lipinski definition) is 0. The number of carbonyl (C=O) groups excluding carboxylic acids is 1. The van der Waals surface area contributed by atoms with Crippen molar-refractivity contribution in [3.8, 4) is 0 Å². The molecule has 1 aliphatic rings. The van der Waals surface area contributed by atoms with Crippen molar-refractivity contribution >= 4 is 34.2 Å². The van der Waals surface area contributed by atoms with Gasteiger partial charge in [0, 0.05) is 35.8 Å². The van der Waals surface area contributed by atoms with E-state index in [1.165, 1.54) is 18.4 Å². The van der Waals surface area contributed by atoms with Crippen LogP contribution in [0.15, 0.2) is 48.5 Å². The average molecular weight is 450 g/mol. The third-order valence-corrected chi connectivity index (χ3v) is 5.57. The van der Waals surface area contributed by atoms with E-state index >= 15 is 0 Å². The molecule has 0 aliphatic carbocycles. The van der Waals surface area contributed by atoms with E-state index in [0.29, 0.717) is 11.6 Å². The minimum absolute atomic E-state index is 0.287. The Morgan fingerprint density at radius 2 is 1.96 bits per heavy atom. The number of carbonyl (C=O) groups is 1. The third-order valence-electron chi connectivity index (χ3n) is 4.70. The second kappa shape index (κ2) is 8.19. The molecule has 3 rings (SSSR count). The van der Waals surface area contributed by atoms with Gasteiger partial charge in [0.05, 0.1) is 18.4 Å². The van der Waals surface area contributed by atoms with Crippen LogP contribution in [0.3, 0.4) is 0 Å². The molecule has 0 bridgehead atoms. The van der Waals surface area contributed by atoms with Gasteiger partial charge in [-0.1, -0.05) is 30.3 Å². The van der Waals surface area contributed by atoms with E-state index in [1.54, 1.807) is 0 Å². The molecule has 1 atom stereocenters. The molecule has 2 aromatic carbocycles. The van der Waals surface area contributed by atoms with E-state index in [1.807, 2.05) is 18.2 Å². The Labute approximate surface area is 162 Å². The van der Waals surface area contributed by atoms with E-state index in [0.717, 1.165) is 29.7 Å². The lowest BCUT2D eigenvalue weighted by Crippen LogP contribution is -2.51. The summed E-state index contributed by atoms with van der Waals surface area (Å²) in [6.45, 7) is 6.29. The van der Waals surface area contributed by atoms with Crippen molar-refractivity contribution in [2.75, 3.05) is 31.6 Å². The first-order chi connectivity index (χ1) is 12.1. The van der Waals surface area contributed by atoms with Gasteiger partial charge in [-0.3, -0.25) is 4.90 Å². The molecular weight excluding hydrogens is 427 g/mol. The van der Waals surface area contributed by atoms with Gasteiger partial charge in [0.25, 0.3) is 0 Å². The van der Waals surface area contributed by atoms with E-state index < -0.39 is 0 Å². The summed E-state index contributed by atoms with van der Waals surface area (Å²) in [5, 5.41) is 0. The minimum atomic E-state index is -0.287. The number of nitrogens with zero attached hydrogens (tertiary/aromatic N) is 2. The number of anilines is 1. The Morgan fingerprint density at radius 3 is 2.60 bits per heavy atom. The van der Waals surface area contributed by atoms with Gasteiger partial charge in [0.1, 0.15) is 0 Å². The van der Waals surface area contributed by atoms with Crippen LogP contribution in [0.2, 0.25) is 0 Å². The van der Waals surface area contributed by atoms with E-state index in [4.69, 9.17) is 4.74 Å². The highest BCUT2D eigenvalue weighted by atomic mass is 127. The molecule has 132 valence electrons. The van der Waals surface area contributed by atoms with Crippen molar-refractivity contribution in [2.24, 2.45) is 0 Å². The number of piperazine rings is 1. The normalized spacial score (nSPS) is 18.2. The second-order valence-corrected chi connectivity index (χ2v) is 7.57. The van der Waals surface area contributed by atoms with Crippen LogP contribution in [0, 0.1) is 3.57 Å². The van der Waals surface area contributed by atoms with Gasteiger partial charge < -0.3 is 9.64 Å². The molecule has 0 saturated carbocycles. The Hall–Kier alpha value is -1.60. The zero-order valence-electron chi connectivity index (χ0n) is 14.6. The number of hydrogen-bond acceptors (Lipinski definition) is 4. The lowest BCUT2D eigenvalue weighted by molar-refractivity contribution is 0.0600. The summed E-state index contributed by atoms with van der Waals surface area (Å²) in [5.74, 6) is -0.287. The van der Waals surface area contributed by atoms with Gasteiger partial charge in [-0.15, -0.1) is 0 Å². The number of esters is 1. The molecule has 25 heavy (non-hydrogen) atoms. The zero-order chi connectivity index (χ0) is 17.8. The maximum atomic E-state index is 11.7. The number of halogens is 1. The Kier molecular flexibility index (Phi) is 5.96. The first kappa shape index (κ1) is 18.2. The molecule has 1 saturated heterocycles. The molecule has 0 amide bonds. The summed E-state index contributed by atoms with van der Waals surface area (Å²) < 4.78 is 5.89. The van der Waals surface area contributed by atoms with Crippen LogP contribution in [0.25, 0.3) is 0 Å². The number of ether oxygens (including phenoxy) is 1. The van der Waals surface area contributed by atoms with Gasteiger partial charge in [-0.2, -0.15) is 0 Å². The first-order valence-electron chi connectivity index (χ1n) is 8.49. The molecule has 1 fully saturated rings. The maximum absolute atomic E-state index is 11.7. The fraction of sp³-hybridized carbons (Fsp3) is 0.350. The smallest absolute Gasteiger partial charge is 0.337 e. The van der Waals surface area contributed by atoms with Crippen molar-refractivity contribution < 1.29 is 9.53 Å². The molecule has 1 heterocycles. The minimum Gasteiger partial charge on any atom is -0.465 e. The van der Waals surface area contributed by atoms with Crippen LogP contribution in [-0.4, -0.2) is 43.7 Å². The quantitative estimate of drug-likeness (QED) is 0.525. The number of methoxy groups -OCH3 is 1. The highest BCUT2D eigenvalue weighted by Gasteiger charge is 2.25. The Balaban J connectivity index is 1.67. The predicted molar refractivity (Wildman–Crippen MR) is 109 cm³/mol. The van der Waals surface area contributed by atoms with Crippen LogP contribution in [0.1, 0.15) is 22.8 Å². The summed E-state index contributed by atoms with van der Waals surface area (Å²) in [6.07, 6.45) is 0. The fourth-order valence-electron chi connectivity index (χ4n) is 3.28. The second-order valence-electron chi connectivity index (χ2n) is 6.41. The van der Waals surface area contributed by atoms with Crippen molar-refractivity contribution in [3.05, 3.63) is 63.2 Å². The molecule has 0 aromatic heterocycles. The molecule has 0 unspecified atom stereocenters. The van der Waals surface area contributed by atoms with Crippen molar-refractivity contribution in [1.82, 2.24) is 4.90 Å². The average Bonchev–Trinajstić information content (AvgIpc) is 2.63. The molecule has 4 nitrogen and oxygen atoms in total. The summed E-state index contributed by atoms with van der Waals surface area (Å²) in [6, 6.07) is 16.9. The van der Waals surface area contributed by atoms with Crippen LogP contribution in [-0.2, 0) is 11.3 Å². The SMILES string of the molecule is COC(=O)c1ccc(N2CCN(Cc3ccccc3)[C@H](C)C2)c(I)c1. The fourth-order valence-corrected chi connectivity index (χ4v) is 4.13. The van der Waals surface area contributed by atoms with E-state index in [2.05, 4.69) is 69.6 Å². The van der Waals surface area contributed by atoms with Gasteiger partial charge in [-0.25, -0.2) is 4.79 Å². The highest BCUT2D eigenvalue weighted by Crippen LogP contribution is 2.27. The molecular formula is C20H23IN2O2. The Morgan fingerprint density at radius 1 is 1.20 bits per heavy atom. The van der Waals surface area contributed by atoms with Crippen LogP contribution < -0.4 is 4.90 Å². The maximum Gasteiger partial charge on any atom is 0.337 e. The van der Waals surface area contributed by atoms with E-state index in [-0.39, 0.29) is 5.97 Å². The van der Waals surface area contributed by atoms with Gasteiger partial charge in [-0.05, 0) is 53.3 Å². The molecule has 0 N–H and O–H groups in total. The van der Waals surface area contributed by atoms with Crippen molar-refractivity contribution in [2.45, 2.75) is 19.5 Å². The zero-order valence-corrected chi connectivity index (χ0v) is 16.8. The molecule has 5 heteroatoms. The van der Waals surface area contributed by atoms with Crippen molar-refractivity contribution in [3.63, 3.8) is 0 Å². The summed E-state index contributed by atoms with van der Waals surface area (Å²) in [4.78, 5) is 16.6. The van der Waals surface area contributed by atoms with Crippen LogP contribution in [0.4, 0.5) is 5.69 Å². The van der Waals surface area contributed by atoms with E-state index in [9.17, 15) is 4.79 Å². The third kappa shape index (κ3) is 4.33. The molecule has 1 aliphatic heterocycles.